The number of hydrogen-bond donors (Lipinski definition) is 1. The van der Waals surface area contributed by atoms with E-state index in [9.17, 15) is 14.0 Å². The van der Waals surface area contributed by atoms with Crippen LogP contribution in [-0.4, -0.2) is 31.5 Å². The Balaban J connectivity index is 2.29. The van der Waals surface area contributed by atoms with Crippen LogP contribution in [0.25, 0.3) is 11.1 Å². The number of fused-ring (bicyclic) bond motifs is 1. The molecule has 0 aliphatic carbocycles. The van der Waals surface area contributed by atoms with Crippen LogP contribution in [0.15, 0.2) is 30.3 Å². The Morgan fingerprint density at radius 2 is 1.88 bits per heavy atom. The van der Waals surface area contributed by atoms with Crippen LogP contribution in [0.5, 0.6) is 5.75 Å². The fraction of sp³-hybridized carbons (Fsp3) is 0.300. The summed E-state index contributed by atoms with van der Waals surface area (Å²) in [5.74, 6) is -0.660. The van der Waals surface area contributed by atoms with Crippen molar-refractivity contribution in [2.24, 2.45) is 0 Å². The number of Topliss-reactive ketones (excluding diaryl/α,β-unsaturated/α-hetero) is 1. The van der Waals surface area contributed by atoms with Gasteiger partial charge in [-0.1, -0.05) is 6.07 Å². The smallest absolute Gasteiger partial charge is 0.338 e. The molecule has 1 aliphatic heterocycles. The number of anilines is 1. The molecule has 6 heteroatoms. The second kappa shape index (κ2) is 6.44. The molecule has 0 aromatic heterocycles. The van der Waals surface area contributed by atoms with Gasteiger partial charge in [-0.15, -0.1) is 0 Å². The summed E-state index contributed by atoms with van der Waals surface area (Å²) >= 11 is 0. The average molecular weight is 357 g/mol. The first-order valence-corrected chi connectivity index (χ1v) is 8.18. The van der Waals surface area contributed by atoms with Gasteiger partial charge in [0.15, 0.2) is 5.78 Å². The predicted octanol–water partition coefficient (Wildman–Crippen LogP) is 3.60. The predicted molar refractivity (Wildman–Crippen MR) is 96.1 cm³/mol. The van der Waals surface area contributed by atoms with E-state index in [0.717, 1.165) is 0 Å². The van der Waals surface area contributed by atoms with Gasteiger partial charge >= 0.3 is 5.97 Å². The second-order valence-corrected chi connectivity index (χ2v) is 6.70. The summed E-state index contributed by atoms with van der Waals surface area (Å²) in [5.41, 5.74) is 1.64. The maximum atomic E-state index is 13.8. The summed E-state index contributed by atoms with van der Waals surface area (Å²) in [6, 6.07) is 7.58. The van der Waals surface area contributed by atoms with E-state index in [-0.39, 0.29) is 17.8 Å². The maximum absolute atomic E-state index is 13.8. The van der Waals surface area contributed by atoms with E-state index in [1.165, 1.54) is 32.4 Å². The maximum Gasteiger partial charge on any atom is 0.338 e. The van der Waals surface area contributed by atoms with Crippen LogP contribution in [-0.2, 0) is 16.0 Å². The molecule has 2 aromatic carbocycles. The molecule has 0 saturated carbocycles. The minimum absolute atomic E-state index is 0.0430. The number of methoxy groups -OCH3 is 2. The normalized spacial score (nSPS) is 15.0. The number of esters is 1. The van der Waals surface area contributed by atoms with E-state index >= 15 is 0 Å². The van der Waals surface area contributed by atoms with E-state index in [2.05, 4.69) is 5.32 Å². The highest BCUT2D eigenvalue weighted by atomic mass is 19.1. The van der Waals surface area contributed by atoms with Crippen molar-refractivity contribution in [2.75, 3.05) is 19.5 Å². The summed E-state index contributed by atoms with van der Waals surface area (Å²) in [6.07, 6.45) is 0.0885. The van der Waals surface area contributed by atoms with Crippen LogP contribution in [0.1, 0.15) is 29.8 Å². The standard InChI is InChI=1S/C20H20FNO4/c1-20(2)17(23)10-14-15(22-20)7-6-12(18(14)19(24)26-4)13-9-11(21)5-8-16(13)25-3/h5-9,22H,10H2,1-4H3. The van der Waals surface area contributed by atoms with Crippen LogP contribution in [0.4, 0.5) is 10.1 Å². The van der Waals surface area contributed by atoms with Crippen LogP contribution in [0.2, 0.25) is 0 Å². The third kappa shape index (κ3) is 2.92. The summed E-state index contributed by atoms with van der Waals surface area (Å²) in [7, 11) is 2.75. The number of ether oxygens (including phenoxy) is 2. The van der Waals surface area contributed by atoms with Gasteiger partial charge in [-0.2, -0.15) is 0 Å². The van der Waals surface area contributed by atoms with Crippen molar-refractivity contribution in [3.05, 3.63) is 47.3 Å². The fourth-order valence-electron chi connectivity index (χ4n) is 3.19. The van der Waals surface area contributed by atoms with Crippen LogP contribution < -0.4 is 10.1 Å². The Morgan fingerprint density at radius 3 is 2.54 bits per heavy atom. The van der Waals surface area contributed by atoms with Gasteiger partial charge in [0.25, 0.3) is 0 Å². The van der Waals surface area contributed by atoms with Crippen molar-refractivity contribution in [3.63, 3.8) is 0 Å². The Hall–Kier alpha value is -2.89. The molecule has 3 rings (SSSR count). The minimum Gasteiger partial charge on any atom is -0.496 e. The second-order valence-electron chi connectivity index (χ2n) is 6.70. The van der Waals surface area contributed by atoms with Crippen molar-refractivity contribution in [3.8, 4) is 16.9 Å². The molecule has 2 aromatic rings. The molecule has 0 unspecified atom stereocenters. The molecule has 1 heterocycles. The summed E-state index contributed by atoms with van der Waals surface area (Å²) in [6.45, 7) is 3.58. The van der Waals surface area contributed by atoms with Gasteiger partial charge in [0.1, 0.15) is 11.6 Å². The van der Waals surface area contributed by atoms with Crippen LogP contribution in [0, 0.1) is 5.82 Å². The minimum atomic E-state index is -0.724. The van der Waals surface area contributed by atoms with E-state index in [4.69, 9.17) is 9.47 Å². The van der Waals surface area contributed by atoms with Crippen LogP contribution >= 0.6 is 0 Å². The highest BCUT2D eigenvalue weighted by molar-refractivity contribution is 6.05. The van der Waals surface area contributed by atoms with Crippen LogP contribution in [0.3, 0.4) is 0 Å². The Kier molecular flexibility index (Phi) is 4.44. The zero-order chi connectivity index (χ0) is 19.1. The zero-order valence-electron chi connectivity index (χ0n) is 15.1. The molecule has 0 spiro atoms. The van der Waals surface area contributed by atoms with Gasteiger partial charge in [-0.05, 0) is 43.7 Å². The summed E-state index contributed by atoms with van der Waals surface area (Å²) < 4.78 is 24.1. The molecule has 26 heavy (non-hydrogen) atoms. The molecule has 0 amide bonds. The molecule has 0 fully saturated rings. The molecule has 0 atom stereocenters. The lowest BCUT2D eigenvalue weighted by molar-refractivity contribution is -0.122. The highest BCUT2D eigenvalue weighted by Crippen LogP contribution is 2.40. The molecule has 136 valence electrons. The van der Waals surface area contributed by atoms with E-state index < -0.39 is 17.3 Å². The van der Waals surface area contributed by atoms with Crippen molar-refractivity contribution in [1.82, 2.24) is 0 Å². The fourth-order valence-corrected chi connectivity index (χ4v) is 3.19. The number of halogens is 1. The average Bonchev–Trinajstić information content (AvgIpc) is 2.61. The lowest BCUT2D eigenvalue weighted by atomic mass is 9.83. The Labute approximate surface area is 151 Å². The number of carbonyl (C=O) groups excluding carboxylic acids is 2. The van der Waals surface area contributed by atoms with Crippen molar-refractivity contribution in [2.45, 2.75) is 25.8 Å². The Morgan fingerprint density at radius 1 is 1.15 bits per heavy atom. The Bertz CT molecular complexity index is 905. The largest absolute Gasteiger partial charge is 0.496 e. The summed E-state index contributed by atoms with van der Waals surface area (Å²) in [5, 5.41) is 3.16. The topological polar surface area (TPSA) is 64.6 Å². The monoisotopic (exact) mass is 357 g/mol. The molecule has 5 nitrogen and oxygen atoms in total. The van der Waals surface area contributed by atoms with Gasteiger partial charge < -0.3 is 14.8 Å². The number of nitrogens with one attached hydrogen (secondary N) is 1. The van der Waals surface area contributed by atoms with Gasteiger partial charge in [0, 0.05) is 23.2 Å². The molecular formula is C20H20FNO4. The lowest BCUT2D eigenvalue weighted by Gasteiger charge is -2.33. The van der Waals surface area contributed by atoms with E-state index in [1.807, 2.05) is 0 Å². The van der Waals surface area contributed by atoms with Gasteiger partial charge in [-0.3, -0.25) is 4.79 Å². The highest BCUT2D eigenvalue weighted by Gasteiger charge is 2.36. The molecule has 0 bridgehead atoms. The molecule has 0 radical (unpaired) electrons. The van der Waals surface area contributed by atoms with E-state index in [0.29, 0.717) is 28.1 Å². The quantitative estimate of drug-likeness (QED) is 0.851. The number of hydrogen-bond acceptors (Lipinski definition) is 5. The SMILES string of the molecule is COC(=O)c1c(-c2cc(F)ccc2OC)ccc2c1CC(=O)C(C)(C)N2. The van der Waals surface area contributed by atoms with Gasteiger partial charge in [-0.25, -0.2) is 9.18 Å². The number of benzene rings is 2. The van der Waals surface area contributed by atoms with Gasteiger partial charge in [0.05, 0.1) is 25.3 Å². The first-order chi connectivity index (χ1) is 12.3. The first-order valence-electron chi connectivity index (χ1n) is 8.18. The third-order valence-electron chi connectivity index (χ3n) is 4.64. The van der Waals surface area contributed by atoms with E-state index in [1.54, 1.807) is 26.0 Å². The van der Waals surface area contributed by atoms with Crippen molar-refractivity contribution in [1.29, 1.82) is 0 Å². The molecular weight excluding hydrogens is 337 g/mol. The molecule has 1 aliphatic rings. The third-order valence-corrected chi connectivity index (χ3v) is 4.64. The van der Waals surface area contributed by atoms with Crippen molar-refractivity contribution < 1.29 is 23.5 Å². The molecule has 1 N–H and O–H groups in total. The first kappa shape index (κ1) is 17.9. The summed E-state index contributed by atoms with van der Waals surface area (Å²) in [4.78, 5) is 25.0. The zero-order valence-corrected chi connectivity index (χ0v) is 15.1. The number of rotatable bonds is 3. The van der Waals surface area contributed by atoms with Gasteiger partial charge in [0.2, 0.25) is 0 Å². The molecule has 0 saturated heterocycles. The number of ketones is 1. The number of carbonyl (C=O) groups is 2. The van der Waals surface area contributed by atoms with Crippen molar-refractivity contribution >= 4 is 17.4 Å². The lowest BCUT2D eigenvalue weighted by Crippen LogP contribution is -2.45.